The molecule has 0 aliphatic rings. The van der Waals surface area contributed by atoms with Gasteiger partial charge in [-0.05, 0) is 52.7 Å². The fourth-order valence-electron chi connectivity index (χ4n) is 2.17. The van der Waals surface area contributed by atoms with Gasteiger partial charge in [0.15, 0.2) is 0 Å². The summed E-state index contributed by atoms with van der Waals surface area (Å²) in [5.41, 5.74) is 0.735. The molecule has 0 fully saturated rings. The molecule has 0 unspecified atom stereocenters. The maximum atomic E-state index is 4.88. The Morgan fingerprint density at radius 2 is 0.758 bits per heavy atom. The van der Waals surface area contributed by atoms with E-state index >= 15 is 0 Å². The molecule has 33 heavy (non-hydrogen) atoms. The molecule has 0 spiro atoms. The van der Waals surface area contributed by atoms with Crippen molar-refractivity contribution in [3.05, 3.63) is 9.22 Å². The molecule has 210 valence electrons. The number of rotatable bonds is 6. The van der Waals surface area contributed by atoms with Crippen LogP contribution in [0, 0.1) is 0 Å². The maximum absolute atomic E-state index is 4.88. The SMILES string of the molecule is CC(C)(C)c1ppc(C(C)(C)C)s1.CCP(CC)CC.CCP(CC)CC.[Cl][Pt][Cl].[Cl][Pt][Cl]. The Morgan fingerprint density at radius 1 is 0.576 bits per heavy atom. The van der Waals surface area contributed by atoms with E-state index in [4.69, 9.17) is 37.7 Å². The number of halogens is 4. The summed E-state index contributed by atoms with van der Waals surface area (Å²) < 4.78 is 3.25. The van der Waals surface area contributed by atoms with Crippen molar-refractivity contribution in [3.8, 4) is 0 Å². The first kappa shape index (κ1) is 44.0. The van der Waals surface area contributed by atoms with Crippen LogP contribution in [0.25, 0.3) is 0 Å². The number of hydrogen-bond acceptors (Lipinski definition) is 1. The van der Waals surface area contributed by atoms with Crippen molar-refractivity contribution in [2.45, 2.75) is 93.9 Å². The van der Waals surface area contributed by atoms with Gasteiger partial charge in [-0.3, -0.25) is 0 Å². The van der Waals surface area contributed by atoms with Crippen LogP contribution in [0.15, 0.2) is 0 Å². The molecule has 0 aromatic carbocycles. The summed E-state index contributed by atoms with van der Waals surface area (Å²) in [5.74, 6) is 0. The van der Waals surface area contributed by atoms with E-state index in [1.54, 1.807) is 9.22 Å². The first-order chi connectivity index (χ1) is 15.2. The molecule has 0 nitrogen and oxygen atoms in total. The van der Waals surface area contributed by atoms with Gasteiger partial charge in [0.1, 0.15) is 0 Å². The van der Waals surface area contributed by atoms with Crippen LogP contribution in [0.5, 0.6) is 0 Å². The normalized spacial score (nSPS) is 11.5. The first-order valence-electron chi connectivity index (χ1n) is 11.2. The van der Waals surface area contributed by atoms with E-state index < -0.39 is 33.0 Å². The van der Waals surface area contributed by atoms with Gasteiger partial charge in [0.25, 0.3) is 0 Å². The van der Waals surface area contributed by atoms with Crippen LogP contribution in [0.1, 0.15) is 92.3 Å². The molecule has 0 amide bonds. The Balaban J connectivity index is -0.000000181. The second-order valence-electron chi connectivity index (χ2n) is 8.74. The third-order valence-corrected chi connectivity index (χ3v) is 16.6. The van der Waals surface area contributed by atoms with Gasteiger partial charge in [-0.15, -0.1) is 27.2 Å². The fourth-order valence-corrected chi connectivity index (χ4v) is 11.3. The molecule has 1 aromatic heterocycles. The Labute approximate surface area is 251 Å². The quantitative estimate of drug-likeness (QED) is 0.249. The molecule has 1 rings (SSSR count). The number of hydrogen-bond donors (Lipinski definition) is 0. The molecule has 0 N–H and O–H groups in total. The van der Waals surface area contributed by atoms with Crippen molar-refractivity contribution in [2.24, 2.45) is 0 Å². The third kappa shape index (κ3) is 30.4. The molecule has 11 heteroatoms. The van der Waals surface area contributed by atoms with E-state index in [9.17, 15) is 0 Å². The Kier molecular flexibility index (Phi) is 38.6. The third-order valence-electron chi connectivity index (χ3n) is 4.39. The predicted octanol–water partition coefficient (Wildman–Crippen LogP) is 13.3. The van der Waals surface area contributed by atoms with Crippen LogP contribution in [-0.2, 0) is 43.8 Å². The molecular weight excluding hydrogens is 952 g/mol. The molecule has 0 saturated heterocycles. The molecular formula is C22H48Cl4P4Pt2S. The van der Waals surface area contributed by atoms with Crippen LogP contribution in [-0.4, -0.2) is 37.0 Å². The van der Waals surface area contributed by atoms with Gasteiger partial charge in [0, 0.05) is 20.0 Å². The van der Waals surface area contributed by atoms with Gasteiger partial charge < -0.3 is 0 Å². The van der Waals surface area contributed by atoms with Gasteiger partial charge >= 0.3 is 70.6 Å². The summed E-state index contributed by atoms with van der Waals surface area (Å²) in [4.78, 5) is 0. The van der Waals surface area contributed by atoms with Crippen molar-refractivity contribution in [3.63, 3.8) is 0 Å². The minimum absolute atomic E-state index is 0.367. The average Bonchev–Trinajstić information content (AvgIpc) is 3.24. The zero-order valence-electron chi connectivity index (χ0n) is 22.6. The van der Waals surface area contributed by atoms with Crippen LogP contribution < -0.4 is 0 Å². The molecule has 1 aromatic rings. The minimum atomic E-state index is -0.472. The zero-order chi connectivity index (χ0) is 27.1. The molecule has 0 saturated carbocycles. The second kappa shape index (κ2) is 29.0. The molecule has 0 atom stereocenters. The van der Waals surface area contributed by atoms with E-state index in [0.717, 1.165) is 0 Å². The summed E-state index contributed by atoms with van der Waals surface area (Å²) in [6, 6.07) is 0. The van der Waals surface area contributed by atoms with E-state index in [-0.39, 0.29) is 0 Å². The van der Waals surface area contributed by atoms with E-state index in [1.807, 2.05) is 11.3 Å². The monoisotopic (exact) mass is 998 g/mol. The van der Waals surface area contributed by atoms with Gasteiger partial charge in [0.2, 0.25) is 0 Å². The molecule has 0 aliphatic carbocycles. The summed E-state index contributed by atoms with van der Waals surface area (Å²) in [5, 5.41) is 0. The summed E-state index contributed by atoms with van der Waals surface area (Å²) >= 11 is 1.09. The fraction of sp³-hybridized carbons (Fsp3) is 0.909. The molecule has 0 radical (unpaired) electrons. The Hall–Kier alpha value is 3.96. The van der Waals surface area contributed by atoms with Crippen LogP contribution in [0.4, 0.5) is 0 Å². The van der Waals surface area contributed by atoms with Crippen molar-refractivity contribution >= 4 is 80.6 Å². The molecule has 0 aliphatic heterocycles. The summed E-state index contributed by atoms with van der Waals surface area (Å²) in [6.07, 6.45) is 8.51. The molecule has 1 heterocycles. The molecule has 0 bridgehead atoms. The first-order valence-corrected chi connectivity index (χ1v) is 29.5. The van der Waals surface area contributed by atoms with Gasteiger partial charge in [-0.25, -0.2) is 0 Å². The predicted molar refractivity (Wildman–Crippen MR) is 167 cm³/mol. The zero-order valence-corrected chi connectivity index (χ0v) is 34.5. The van der Waals surface area contributed by atoms with E-state index in [2.05, 4.69) is 83.1 Å². The van der Waals surface area contributed by atoms with Crippen molar-refractivity contribution in [2.75, 3.05) is 37.0 Å². The average molecular weight is 1000 g/mol. The Morgan fingerprint density at radius 3 is 0.818 bits per heavy atom. The van der Waals surface area contributed by atoms with Crippen molar-refractivity contribution in [1.82, 2.24) is 0 Å². The van der Waals surface area contributed by atoms with Gasteiger partial charge in [0.05, 0.1) is 0 Å². The Bertz CT molecular complexity index is 452. The standard InChI is InChI=1S/C10H18P2S.2C6H15P.4ClH.2Pt/c1-9(2,3)7-11-12-8(13-7)10(4,5)6;2*1-4-7(5-2)6-3;;;;;;/h1-6H3;2*4-6H2,1-3H3;4*1H;;/q;;;;;;;2*+2/p-4. The van der Waals surface area contributed by atoms with E-state index in [0.29, 0.717) is 26.7 Å². The van der Waals surface area contributed by atoms with Gasteiger partial charge in [-0.2, -0.15) is 0 Å². The second-order valence-corrected chi connectivity index (χ2v) is 25.9. The van der Waals surface area contributed by atoms with Crippen LogP contribution in [0.3, 0.4) is 0 Å². The van der Waals surface area contributed by atoms with Crippen LogP contribution in [0.2, 0.25) is 0 Å². The van der Waals surface area contributed by atoms with Crippen molar-refractivity contribution < 1.29 is 33.0 Å². The summed E-state index contributed by atoms with van der Waals surface area (Å²) in [6.45, 7) is 27.6. The van der Waals surface area contributed by atoms with Crippen LogP contribution >= 0.6 is 80.6 Å². The summed E-state index contributed by atoms with van der Waals surface area (Å²) in [7, 11) is 23.4. The van der Waals surface area contributed by atoms with Gasteiger partial charge in [-0.1, -0.05) is 83.1 Å². The van der Waals surface area contributed by atoms with E-state index in [1.165, 1.54) is 52.7 Å². The topological polar surface area (TPSA) is 0 Å². The van der Waals surface area contributed by atoms with Crippen molar-refractivity contribution in [1.29, 1.82) is 0 Å².